The number of aryl methyl sites for hydroxylation is 1. The first-order valence-corrected chi connectivity index (χ1v) is 7.94. The number of benzene rings is 1. The second-order valence-corrected chi connectivity index (χ2v) is 6.75. The number of rotatable bonds is 3. The molecule has 0 spiro atoms. The maximum absolute atomic E-state index is 11.0. The Kier molecular flexibility index (Phi) is 4.87. The molecule has 2 heteroatoms. The molecule has 0 aliphatic carbocycles. The Morgan fingerprint density at radius 3 is 2.25 bits per heavy atom. The normalized spacial score (nSPS) is 19.6. The third-order valence-corrected chi connectivity index (χ3v) is 5.03. The number of nitrogens with zero attached hydrogens (tertiary/aromatic N) is 1. The van der Waals surface area contributed by atoms with E-state index in [2.05, 4.69) is 50.8 Å². The van der Waals surface area contributed by atoms with Gasteiger partial charge in [0, 0.05) is 5.54 Å². The van der Waals surface area contributed by atoms with Crippen molar-refractivity contribution in [1.29, 1.82) is 0 Å². The summed E-state index contributed by atoms with van der Waals surface area (Å²) < 4.78 is 0. The van der Waals surface area contributed by atoms with Crippen LogP contribution in [0.15, 0.2) is 18.2 Å². The zero-order valence-electron chi connectivity index (χ0n) is 13.4. The molecular formula is C18H29NO. The van der Waals surface area contributed by atoms with E-state index in [9.17, 15) is 5.11 Å². The lowest BCUT2D eigenvalue weighted by atomic mass is 9.86. The summed E-state index contributed by atoms with van der Waals surface area (Å²) in [4.78, 5) is 2.48. The minimum absolute atomic E-state index is 0.205. The zero-order chi connectivity index (χ0) is 14.8. The van der Waals surface area contributed by atoms with Crippen LogP contribution in [0.25, 0.3) is 0 Å². The number of aliphatic hydroxyl groups is 1. The fourth-order valence-electron chi connectivity index (χ4n) is 3.27. The first-order valence-electron chi connectivity index (χ1n) is 7.94. The second-order valence-electron chi connectivity index (χ2n) is 6.75. The van der Waals surface area contributed by atoms with E-state index in [-0.39, 0.29) is 5.54 Å². The van der Waals surface area contributed by atoms with Gasteiger partial charge < -0.3 is 5.11 Å². The maximum Gasteiger partial charge on any atom is 0.0970 e. The lowest BCUT2D eigenvalue weighted by Crippen LogP contribution is -2.49. The molecule has 1 saturated heterocycles. The van der Waals surface area contributed by atoms with Crippen molar-refractivity contribution in [3.05, 3.63) is 34.9 Å². The highest BCUT2D eigenvalue weighted by Crippen LogP contribution is 2.34. The molecule has 1 unspecified atom stereocenters. The molecule has 0 amide bonds. The minimum atomic E-state index is -0.430. The van der Waals surface area contributed by atoms with Crippen molar-refractivity contribution in [1.82, 2.24) is 4.90 Å². The SMILES string of the molecule is Cc1cccc(C(O)C(C)(C)N2CCCCCC2)c1C. The van der Waals surface area contributed by atoms with Gasteiger partial charge in [0.25, 0.3) is 0 Å². The molecule has 1 atom stereocenters. The number of hydrogen-bond acceptors (Lipinski definition) is 2. The van der Waals surface area contributed by atoms with Crippen LogP contribution in [-0.2, 0) is 0 Å². The Labute approximate surface area is 123 Å². The molecule has 2 rings (SSSR count). The Bertz CT molecular complexity index is 445. The highest BCUT2D eigenvalue weighted by Gasteiger charge is 2.36. The van der Waals surface area contributed by atoms with Gasteiger partial charge in [-0.25, -0.2) is 0 Å². The molecule has 112 valence electrons. The standard InChI is InChI=1S/C18H29NO/c1-14-10-9-11-16(15(14)2)17(20)18(3,4)19-12-7-5-6-8-13-19/h9-11,17,20H,5-8,12-13H2,1-4H3. The van der Waals surface area contributed by atoms with Gasteiger partial charge in [-0.3, -0.25) is 4.90 Å². The second kappa shape index (κ2) is 6.28. The van der Waals surface area contributed by atoms with Crippen molar-refractivity contribution in [2.24, 2.45) is 0 Å². The van der Waals surface area contributed by atoms with Crippen LogP contribution in [0.3, 0.4) is 0 Å². The lowest BCUT2D eigenvalue weighted by Gasteiger charge is -2.42. The first kappa shape index (κ1) is 15.5. The summed E-state index contributed by atoms with van der Waals surface area (Å²) in [7, 11) is 0. The summed E-state index contributed by atoms with van der Waals surface area (Å²) >= 11 is 0. The predicted molar refractivity (Wildman–Crippen MR) is 85.0 cm³/mol. The number of hydrogen-bond donors (Lipinski definition) is 1. The summed E-state index contributed by atoms with van der Waals surface area (Å²) in [5, 5.41) is 11.0. The molecule has 1 aliphatic rings. The average Bonchev–Trinajstić information content (AvgIpc) is 2.70. The van der Waals surface area contributed by atoms with Crippen molar-refractivity contribution in [3.8, 4) is 0 Å². The third-order valence-electron chi connectivity index (χ3n) is 5.03. The van der Waals surface area contributed by atoms with Crippen molar-refractivity contribution in [3.63, 3.8) is 0 Å². The number of likely N-dealkylation sites (tertiary alicyclic amines) is 1. The molecule has 0 aromatic heterocycles. The van der Waals surface area contributed by atoms with Crippen LogP contribution in [-0.4, -0.2) is 28.6 Å². The van der Waals surface area contributed by atoms with Gasteiger partial charge in [-0.2, -0.15) is 0 Å². The average molecular weight is 275 g/mol. The topological polar surface area (TPSA) is 23.5 Å². The van der Waals surface area contributed by atoms with Gasteiger partial charge in [-0.05, 0) is 70.3 Å². The molecule has 2 nitrogen and oxygen atoms in total. The molecule has 0 bridgehead atoms. The monoisotopic (exact) mass is 275 g/mol. The van der Waals surface area contributed by atoms with Crippen LogP contribution in [0.1, 0.15) is 62.3 Å². The zero-order valence-corrected chi connectivity index (χ0v) is 13.4. The van der Waals surface area contributed by atoms with Crippen molar-refractivity contribution in [2.75, 3.05) is 13.1 Å². The predicted octanol–water partition coefficient (Wildman–Crippen LogP) is 3.99. The van der Waals surface area contributed by atoms with Gasteiger partial charge in [0.05, 0.1) is 6.10 Å². The van der Waals surface area contributed by atoms with Gasteiger partial charge >= 0.3 is 0 Å². The van der Waals surface area contributed by atoms with E-state index in [1.807, 2.05) is 0 Å². The Balaban J connectivity index is 2.25. The Morgan fingerprint density at radius 1 is 1.05 bits per heavy atom. The quantitative estimate of drug-likeness (QED) is 0.901. The van der Waals surface area contributed by atoms with Crippen LogP contribution in [0.4, 0.5) is 0 Å². The van der Waals surface area contributed by atoms with Crippen molar-refractivity contribution >= 4 is 0 Å². The van der Waals surface area contributed by atoms with Crippen LogP contribution in [0, 0.1) is 13.8 Å². The summed E-state index contributed by atoms with van der Waals surface area (Å²) in [5.74, 6) is 0. The van der Waals surface area contributed by atoms with E-state index in [1.54, 1.807) is 0 Å². The van der Waals surface area contributed by atoms with Crippen LogP contribution < -0.4 is 0 Å². The molecule has 0 saturated carbocycles. The fourth-order valence-corrected chi connectivity index (χ4v) is 3.27. The lowest BCUT2D eigenvalue weighted by molar-refractivity contribution is -0.0104. The highest BCUT2D eigenvalue weighted by molar-refractivity contribution is 5.36. The summed E-state index contributed by atoms with van der Waals surface area (Å²) in [6.07, 6.45) is 4.73. The number of aliphatic hydroxyl groups excluding tert-OH is 1. The van der Waals surface area contributed by atoms with E-state index >= 15 is 0 Å². The minimum Gasteiger partial charge on any atom is -0.386 e. The van der Waals surface area contributed by atoms with Gasteiger partial charge in [0.15, 0.2) is 0 Å². The summed E-state index contributed by atoms with van der Waals surface area (Å²) in [5.41, 5.74) is 3.36. The molecule has 1 aliphatic heterocycles. The molecule has 1 fully saturated rings. The Morgan fingerprint density at radius 2 is 1.65 bits per heavy atom. The molecule has 1 aromatic carbocycles. The first-order chi connectivity index (χ1) is 9.44. The highest BCUT2D eigenvalue weighted by atomic mass is 16.3. The van der Waals surface area contributed by atoms with Crippen molar-refractivity contribution < 1.29 is 5.11 Å². The molecule has 1 N–H and O–H groups in total. The molecule has 20 heavy (non-hydrogen) atoms. The van der Waals surface area contributed by atoms with Gasteiger partial charge in [0.1, 0.15) is 0 Å². The van der Waals surface area contributed by atoms with E-state index < -0.39 is 6.10 Å². The largest absolute Gasteiger partial charge is 0.386 e. The molecule has 1 aromatic rings. The Hall–Kier alpha value is -0.860. The van der Waals surface area contributed by atoms with Crippen LogP contribution in [0.2, 0.25) is 0 Å². The van der Waals surface area contributed by atoms with E-state index in [0.29, 0.717) is 0 Å². The van der Waals surface area contributed by atoms with Gasteiger partial charge in [-0.15, -0.1) is 0 Å². The third kappa shape index (κ3) is 3.07. The molecule has 1 heterocycles. The van der Waals surface area contributed by atoms with E-state index in [1.165, 1.54) is 36.8 Å². The van der Waals surface area contributed by atoms with Crippen molar-refractivity contribution in [2.45, 2.75) is 65.0 Å². The smallest absolute Gasteiger partial charge is 0.0970 e. The van der Waals surface area contributed by atoms with Crippen LogP contribution in [0.5, 0.6) is 0 Å². The summed E-state index contributed by atoms with van der Waals surface area (Å²) in [6.45, 7) is 10.8. The van der Waals surface area contributed by atoms with Crippen LogP contribution >= 0.6 is 0 Å². The fraction of sp³-hybridized carbons (Fsp3) is 0.667. The molecule has 0 radical (unpaired) electrons. The van der Waals surface area contributed by atoms with Gasteiger partial charge in [0.2, 0.25) is 0 Å². The van der Waals surface area contributed by atoms with E-state index in [4.69, 9.17) is 0 Å². The maximum atomic E-state index is 11.0. The van der Waals surface area contributed by atoms with E-state index in [0.717, 1.165) is 18.7 Å². The summed E-state index contributed by atoms with van der Waals surface area (Å²) in [6, 6.07) is 6.25. The molecular weight excluding hydrogens is 246 g/mol. The van der Waals surface area contributed by atoms with Gasteiger partial charge in [-0.1, -0.05) is 31.0 Å².